The summed E-state index contributed by atoms with van der Waals surface area (Å²) < 4.78 is 22.9. The molecule has 360 valence electrons. The van der Waals surface area contributed by atoms with Crippen LogP contribution in [0.1, 0.15) is 259 Å². The summed E-state index contributed by atoms with van der Waals surface area (Å²) in [6.45, 7) is 9.80. The molecule has 0 aromatic carbocycles. The Labute approximate surface area is 376 Å². The molecule has 0 saturated carbocycles. The molecule has 0 aliphatic heterocycles. The maximum absolute atomic E-state index is 12.9. The summed E-state index contributed by atoms with van der Waals surface area (Å²) >= 11 is 0. The van der Waals surface area contributed by atoms with Crippen LogP contribution in [-0.4, -0.2) is 74.8 Å². The number of hydrogen-bond acceptors (Lipinski definition) is 9. The van der Waals surface area contributed by atoms with E-state index < -0.39 is 6.10 Å². The van der Waals surface area contributed by atoms with E-state index in [9.17, 15) is 19.2 Å². The summed E-state index contributed by atoms with van der Waals surface area (Å²) in [4.78, 5) is 52.8. The first kappa shape index (κ1) is 58.8. The summed E-state index contributed by atoms with van der Waals surface area (Å²) in [6, 6.07) is 0. The Morgan fingerprint density at radius 3 is 1.21 bits per heavy atom. The highest BCUT2D eigenvalue weighted by atomic mass is 16.6. The fourth-order valence-electron chi connectivity index (χ4n) is 7.95. The second-order valence-electron chi connectivity index (χ2n) is 18.3. The van der Waals surface area contributed by atoms with Gasteiger partial charge in [0, 0.05) is 25.8 Å². The molecule has 2 atom stereocenters. The number of ether oxygens (including phenoxy) is 4. The van der Waals surface area contributed by atoms with E-state index in [0.717, 1.165) is 83.5 Å². The van der Waals surface area contributed by atoms with Crippen molar-refractivity contribution in [2.24, 2.45) is 5.92 Å². The third-order valence-electron chi connectivity index (χ3n) is 11.8. The van der Waals surface area contributed by atoms with E-state index in [2.05, 4.69) is 27.7 Å². The number of esters is 4. The van der Waals surface area contributed by atoms with Crippen molar-refractivity contribution in [2.45, 2.75) is 271 Å². The molecule has 0 aliphatic rings. The molecule has 0 radical (unpaired) electrons. The lowest BCUT2D eigenvalue weighted by Crippen LogP contribution is -2.34. The van der Waals surface area contributed by atoms with Gasteiger partial charge in [-0.05, 0) is 84.7 Å². The Bertz CT molecular complexity index is 1000. The Morgan fingerprint density at radius 1 is 0.393 bits per heavy atom. The van der Waals surface area contributed by atoms with E-state index in [1.54, 1.807) is 0 Å². The summed E-state index contributed by atoms with van der Waals surface area (Å²) in [6.07, 6.45) is 36.5. The van der Waals surface area contributed by atoms with Crippen molar-refractivity contribution in [3.8, 4) is 0 Å². The minimum absolute atomic E-state index is 0.00148. The first-order chi connectivity index (χ1) is 29.7. The van der Waals surface area contributed by atoms with Crippen LogP contribution in [0.4, 0.5) is 0 Å². The van der Waals surface area contributed by atoms with Crippen LogP contribution in [0.25, 0.3) is 0 Å². The van der Waals surface area contributed by atoms with E-state index >= 15 is 0 Å². The number of carbonyl (C=O) groups excluding carboxylic acids is 4. The van der Waals surface area contributed by atoms with Gasteiger partial charge in [-0.3, -0.25) is 19.2 Å². The van der Waals surface area contributed by atoms with Gasteiger partial charge in [-0.2, -0.15) is 0 Å². The molecule has 0 aromatic rings. The Hall–Kier alpha value is -2.16. The van der Waals surface area contributed by atoms with Gasteiger partial charge in [-0.15, -0.1) is 0 Å². The number of hydrogen-bond donors (Lipinski definition) is 0. The molecule has 61 heavy (non-hydrogen) atoms. The van der Waals surface area contributed by atoms with Crippen LogP contribution in [0, 0.1) is 5.92 Å². The van der Waals surface area contributed by atoms with E-state index in [1.165, 1.54) is 116 Å². The van der Waals surface area contributed by atoms with Gasteiger partial charge in [0.05, 0.1) is 12.5 Å². The van der Waals surface area contributed by atoms with Crippen molar-refractivity contribution in [3.05, 3.63) is 0 Å². The highest BCUT2D eigenvalue weighted by Gasteiger charge is 2.21. The van der Waals surface area contributed by atoms with Crippen molar-refractivity contribution in [2.75, 3.05) is 33.9 Å². The minimum Gasteiger partial charge on any atom is -0.465 e. The molecule has 0 aliphatic carbocycles. The zero-order chi connectivity index (χ0) is 45.0. The van der Waals surface area contributed by atoms with Gasteiger partial charge in [0.2, 0.25) is 0 Å². The average Bonchev–Trinajstić information content (AvgIpc) is 3.23. The number of likely N-dealkylation sites (N-methyl/N-ethyl adjacent to an activating group) is 1. The lowest BCUT2D eigenvalue weighted by molar-refractivity contribution is -0.160. The highest BCUT2D eigenvalue weighted by molar-refractivity contribution is 5.72. The van der Waals surface area contributed by atoms with Crippen LogP contribution in [0.3, 0.4) is 0 Å². The van der Waals surface area contributed by atoms with Crippen LogP contribution in [0.15, 0.2) is 0 Å². The van der Waals surface area contributed by atoms with Crippen LogP contribution < -0.4 is 0 Å². The quantitative estimate of drug-likeness (QED) is 0.0336. The monoisotopic (exact) mass is 866 g/mol. The molecule has 0 heterocycles. The van der Waals surface area contributed by atoms with Gasteiger partial charge in [0.25, 0.3) is 0 Å². The molecule has 0 fully saturated rings. The molecule has 0 N–H and O–H groups in total. The lowest BCUT2D eigenvalue weighted by atomic mass is 9.94. The smallest absolute Gasteiger partial charge is 0.308 e. The molecule has 0 bridgehead atoms. The van der Waals surface area contributed by atoms with Crippen molar-refractivity contribution >= 4 is 23.9 Å². The molecule has 0 amide bonds. The van der Waals surface area contributed by atoms with Crippen LogP contribution in [-0.2, 0) is 38.1 Å². The number of carbonyl (C=O) groups is 4. The molecule has 9 heteroatoms. The molecular formula is C52H99NO8. The second-order valence-corrected chi connectivity index (χ2v) is 18.3. The summed E-state index contributed by atoms with van der Waals surface area (Å²) in [7, 11) is 3.80. The normalized spacial score (nSPS) is 12.5. The van der Waals surface area contributed by atoms with Crippen LogP contribution in [0.5, 0.6) is 0 Å². The first-order valence-electron chi connectivity index (χ1n) is 26.0. The lowest BCUT2D eigenvalue weighted by Gasteiger charge is -2.21. The van der Waals surface area contributed by atoms with Crippen molar-refractivity contribution in [1.29, 1.82) is 0 Å². The maximum atomic E-state index is 12.9. The van der Waals surface area contributed by atoms with Crippen molar-refractivity contribution in [1.82, 2.24) is 4.90 Å². The maximum Gasteiger partial charge on any atom is 0.308 e. The Balaban J connectivity index is 4.41. The van der Waals surface area contributed by atoms with Crippen LogP contribution in [0.2, 0.25) is 0 Å². The van der Waals surface area contributed by atoms with Gasteiger partial charge in [0.1, 0.15) is 18.8 Å². The summed E-state index contributed by atoms with van der Waals surface area (Å²) in [5.41, 5.74) is 0. The zero-order valence-electron chi connectivity index (χ0n) is 41.0. The zero-order valence-corrected chi connectivity index (χ0v) is 41.0. The minimum atomic E-state index is -0.535. The van der Waals surface area contributed by atoms with Gasteiger partial charge < -0.3 is 23.8 Å². The SMILES string of the molecule is CCCCCCCCC(CCCCCCCC)OC(=O)CCCCCCC(=O)OC(COC(=O)CCCCCOC(=O)[C@@H](CCCCCC)CCCCCCCC)CN(C)C. The molecule has 0 spiro atoms. The molecule has 0 saturated heterocycles. The van der Waals surface area contributed by atoms with Crippen LogP contribution >= 0.6 is 0 Å². The Morgan fingerprint density at radius 2 is 0.754 bits per heavy atom. The van der Waals surface area contributed by atoms with Crippen molar-refractivity contribution in [3.63, 3.8) is 0 Å². The molecular weight excluding hydrogens is 767 g/mol. The number of unbranched alkanes of at least 4 members (excludes halogenated alkanes) is 23. The van der Waals surface area contributed by atoms with Gasteiger partial charge in [0.15, 0.2) is 0 Å². The molecule has 0 aromatic heterocycles. The largest absolute Gasteiger partial charge is 0.465 e. The molecule has 9 nitrogen and oxygen atoms in total. The predicted octanol–water partition coefficient (Wildman–Crippen LogP) is 14.2. The van der Waals surface area contributed by atoms with Gasteiger partial charge in [-0.25, -0.2) is 0 Å². The van der Waals surface area contributed by atoms with E-state index in [4.69, 9.17) is 18.9 Å². The van der Waals surface area contributed by atoms with E-state index in [0.29, 0.717) is 38.8 Å². The molecule has 0 rings (SSSR count). The van der Waals surface area contributed by atoms with Gasteiger partial charge in [-0.1, -0.05) is 169 Å². The topological polar surface area (TPSA) is 108 Å². The average molecular weight is 866 g/mol. The number of nitrogens with zero attached hydrogens (tertiary/aromatic N) is 1. The third-order valence-corrected chi connectivity index (χ3v) is 11.8. The summed E-state index contributed by atoms with van der Waals surface area (Å²) in [5, 5.41) is 0. The fraction of sp³-hybridized carbons (Fsp3) is 0.923. The second kappa shape index (κ2) is 44.4. The van der Waals surface area contributed by atoms with Gasteiger partial charge >= 0.3 is 23.9 Å². The van der Waals surface area contributed by atoms with E-state index in [1.807, 2.05) is 19.0 Å². The number of rotatable bonds is 46. The Kier molecular flexibility index (Phi) is 42.9. The van der Waals surface area contributed by atoms with Crippen molar-refractivity contribution < 1.29 is 38.1 Å². The van der Waals surface area contributed by atoms with E-state index in [-0.39, 0.29) is 48.9 Å². The summed E-state index contributed by atoms with van der Waals surface area (Å²) in [5.74, 6) is -0.735. The first-order valence-corrected chi connectivity index (χ1v) is 26.0. The fourth-order valence-corrected chi connectivity index (χ4v) is 7.95. The predicted molar refractivity (Wildman–Crippen MR) is 253 cm³/mol. The third kappa shape index (κ3) is 40.4. The molecule has 1 unspecified atom stereocenters. The standard InChI is InChI=1S/C52H99NO8/c1-7-11-15-19-22-29-37-46(36-28-18-14-10-4)52(57)58-43-35-27-34-40-49(54)59-45-48(44-53(5)6)61-51(56)42-33-26-25-32-41-50(55)60-47(38-30-23-20-16-12-8-2)39-31-24-21-17-13-9-3/h46-48H,7-45H2,1-6H3/t46-,48?/m0/s1. The highest BCUT2D eigenvalue weighted by Crippen LogP contribution is 2.22.